The number of hydrogen-bond acceptors (Lipinski definition) is 5. The topological polar surface area (TPSA) is 97.7 Å². The van der Waals surface area contributed by atoms with Gasteiger partial charge in [0.25, 0.3) is 0 Å². The molecule has 3 rings (SSSR count). The predicted octanol–water partition coefficient (Wildman–Crippen LogP) is 5.38. The number of nitrogens with zero attached hydrogens (tertiary/aromatic N) is 3. The minimum absolute atomic E-state index is 0.120. The number of rotatable bonds is 9. The molecule has 0 aliphatic rings. The maximum absolute atomic E-state index is 13.2. The second-order valence-corrected chi connectivity index (χ2v) is 9.92. The molecule has 3 amide bonds. The third-order valence-corrected chi connectivity index (χ3v) is 5.71. The smallest absolute Gasteiger partial charge is 0.322 e. The van der Waals surface area contributed by atoms with Gasteiger partial charge in [0.15, 0.2) is 0 Å². The zero-order chi connectivity index (χ0) is 27.2. The first kappa shape index (κ1) is 27.6. The van der Waals surface area contributed by atoms with Crippen LogP contribution in [0.15, 0.2) is 48.5 Å². The highest BCUT2D eigenvalue weighted by Crippen LogP contribution is 2.27. The van der Waals surface area contributed by atoms with Crippen molar-refractivity contribution in [2.24, 2.45) is 0 Å². The van der Waals surface area contributed by atoms with Crippen LogP contribution in [0.25, 0.3) is 5.69 Å². The second-order valence-electron chi connectivity index (χ2n) is 9.92. The van der Waals surface area contributed by atoms with Crippen LogP contribution < -0.4 is 20.1 Å². The Balaban J connectivity index is 1.80. The molecule has 9 nitrogen and oxygen atoms in total. The van der Waals surface area contributed by atoms with E-state index in [2.05, 4.69) is 31.4 Å². The molecule has 3 aromatic rings. The van der Waals surface area contributed by atoms with E-state index >= 15 is 0 Å². The lowest BCUT2D eigenvalue weighted by atomic mass is 9.92. The van der Waals surface area contributed by atoms with E-state index in [1.165, 1.54) is 4.90 Å². The highest BCUT2D eigenvalue weighted by Gasteiger charge is 2.23. The standard InChI is InChI=1S/C28H37N5O4/c1-8-12-32(27(35)29-20-14-22(36-6)16-23(15-20)37-7)18-26(34)30-25-17-24(28(3,4)5)31-33(25)21-11-9-10-19(2)13-21/h9-11,13-17H,8,12,18H2,1-7H3,(H,29,35)(H,30,34). The van der Waals surface area contributed by atoms with Gasteiger partial charge in [-0.15, -0.1) is 0 Å². The Kier molecular flexibility index (Phi) is 8.81. The van der Waals surface area contributed by atoms with Crippen molar-refractivity contribution in [3.05, 3.63) is 59.8 Å². The van der Waals surface area contributed by atoms with Gasteiger partial charge in [-0.2, -0.15) is 5.10 Å². The maximum Gasteiger partial charge on any atom is 0.322 e. The summed E-state index contributed by atoms with van der Waals surface area (Å²) >= 11 is 0. The summed E-state index contributed by atoms with van der Waals surface area (Å²) in [5, 5.41) is 10.6. The minimum atomic E-state index is -0.394. The highest BCUT2D eigenvalue weighted by molar-refractivity contribution is 5.97. The molecular formula is C28H37N5O4. The minimum Gasteiger partial charge on any atom is -0.497 e. The molecule has 198 valence electrons. The molecule has 0 spiro atoms. The Hall–Kier alpha value is -4.01. The molecule has 0 fully saturated rings. The van der Waals surface area contributed by atoms with Crippen molar-refractivity contribution in [3.8, 4) is 17.2 Å². The lowest BCUT2D eigenvalue weighted by Crippen LogP contribution is -2.41. The van der Waals surface area contributed by atoms with Crippen LogP contribution >= 0.6 is 0 Å². The molecule has 9 heteroatoms. The first-order valence-electron chi connectivity index (χ1n) is 12.3. The van der Waals surface area contributed by atoms with Crippen LogP contribution in [0.1, 0.15) is 45.4 Å². The molecular weight excluding hydrogens is 470 g/mol. The van der Waals surface area contributed by atoms with Crippen molar-refractivity contribution in [1.29, 1.82) is 0 Å². The van der Waals surface area contributed by atoms with Crippen LogP contribution in [0.2, 0.25) is 0 Å². The molecule has 1 heterocycles. The summed E-state index contributed by atoms with van der Waals surface area (Å²) < 4.78 is 12.3. The molecule has 0 aliphatic heterocycles. The van der Waals surface area contributed by atoms with E-state index in [1.807, 2.05) is 44.2 Å². The fourth-order valence-corrected chi connectivity index (χ4v) is 3.75. The number of nitrogens with one attached hydrogen (secondary N) is 2. The average Bonchev–Trinajstić information content (AvgIpc) is 3.27. The van der Waals surface area contributed by atoms with Gasteiger partial charge in [-0.25, -0.2) is 9.48 Å². The van der Waals surface area contributed by atoms with Crippen molar-refractivity contribution >= 4 is 23.4 Å². The SMILES string of the molecule is CCCN(CC(=O)Nc1cc(C(C)(C)C)nn1-c1cccc(C)c1)C(=O)Nc1cc(OC)cc(OC)c1. The zero-order valence-electron chi connectivity index (χ0n) is 22.7. The van der Waals surface area contributed by atoms with Crippen molar-refractivity contribution in [3.63, 3.8) is 0 Å². The monoisotopic (exact) mass is 507 g/mol. The molecule has 1 aromatic heterocycles. The number of methoxy groups -OCH3 is 2. The van der Waals surface area contributed by atoms with Gasteiger partial charge in [-0.1, -0.05) is 39.8 Å². The van der Waals surface area contributed by atoms with Crippen molar-refractivity contribution < 1.29 is 19.1 Å². The van der Waals surface area contributed by atoms with Gasteiger partial charge in [0.1, 0.15) is 23.9 Å². The summed E-state index contributed by atoms with van der Waals surface area (Å²) in [5.74, 6) is 1.33. The quantitative estimate of drug-likeness (QED) is 0.405. The number of carbonyl (C=O) groups is 2. The van der Waals surface area contributed by atoms with Crippen LogP contribution in [0.5, 0.6) is 11.5 Å². The van der Waals surface area contributed by atoms with Gasteiger partial charge in [-0.3, -0.25) is 4.79 Å². The Morgan fingerprint density at radius 1 is 1.00 bits per heavy atom. The molecule has 0 saturated heterocycles. The number of ether oxygens (including phenoxy) is 2. The third kappa shape index (κ3) is 7.25. The lowest BCUT2D eigenvalue weighted by molar-refractivity contribution is -0.116. The summed E-state index contributed by atoms with van der Waals surface area (Å²) in [7, 11) is 3.08. The van der Waals surface area contributed by atoms with Crippen LogP contribution in [0.4, 0.5) is 16.3 Å². The second kappa shape index (κ2) is 11.8. The predicted molar refractivity (Wildman–Crippen MR) is 146 cm³/mol. The molecule has 2 N–H and O–H groups in total. The van der Waals surface area contributed by atoms with E-state index in [-0.39, 0.29) is 17.9 Å². The van der Waals surface area contributed by atoms with Gasteiger partial charge in [0.05, 0.1) is 25.6 Å². The molecule has 0 saturated carbocycles. The summed E-state index contributed by atoms with van der Waals surface area (Å²) in [5.41, 5.74) is 3.08. The summed E-state index contributed by atoms with van der Waals surface area (Å²) in [6, 6.07) is 14.5. The number of aromatic nitrogens is 2. The van der Waals surface area contributed by atoms with Gasteiger partial charge in [-0.05, 0) is 31.0 Å². The van der Waals surface area contributed by atoms with Gasteiger partial charge >= 0.3 is 6.03 Å². The summed E-state index contributed by atoms with van der Waals surface area (Å²) in [4.78, 5) is 27.7. The lowest BCUT2D eigenvalue weighted by Gasteiger charge is -2.22. The van der Waals surface area contributed by atoms with E-state index in [1.54, 1.807) is 37.1 Å². The van der Waals surface area contributed by atoms with Crippen molar-refractivity contribution in [2.75, 3.05) is 37.9 Å². The normalized spacial score (nSPS) is 11.1. The van der Waals surface area contributed by atoms with E-state index in [0.29, 0.717) is 36.0 Å². The van der Waals surface area contributed by atoms with E-state index in [9.17, 15) is 9.59 Å². The van der Waals surface area contributed by atoms with Crippen LogP contribution in [-0.2, 0) is 10.2 Å². The van der Waals surface area contributed by atoms with Crippen LogP contribution in [0, 0.1) is 6.92 Å². The third-order valence-electron chi connectivity index (χ3n) is 5.71. The zero-order valence-corrected chi connectivity index (χ0v) is 22.7. The van der Waals surface area contributed by atoms with E-state index in [4.69, 9.17) is 14.6 Å². The number of benzene rings is 2. The number of amides is 3. The van der Waals surface area contributed by atoms with Crippen molar-refractivity contribution in [1.82, 2.24) is 14.7 Å². The molecule has 2 aromatic carbocycles. The Labute approximate surface area is 218 Å². The largest absolute Gasteiger partial charge is 0.497 e. The van der Waals surface area contributed by atoms with Crippen LogP contribution in [-0.4, -0.2) is 53.9 Å². The maximum atomic E-state index is 13.2. The van der Waals surface area contributed by atoms with E-state index < -0.39 is 6.03 Å². The Morgan fingerprint density at radius 3 is 2.24 bits per heavy atom. The Morgan fingerprint density at radius 2 is 1.68 bits per heavy atom. The fraction of sp³-hybridized carbons (Fsp3) is 0.393. The Bertz CT molecular complexity index is 1220. The number of hydrogen-bond donors (Lipinski definition) is 2. The number of urea groups is 1. The first-order chi connectivity index (χ1) is 17.5. The number of carbonyl (C=O) groups excluding carboxylic acids is 2. The number of anilines is 2. The summed E-state index contributed by atoms with van der Waals surface area (Å²) in [6.45, 7) is 10.5. The average molecular weight is 508 g/mol. The highest BCUT2D eigenvalue weighted by atomic mass is 16.5. The van der Waals surface area contributed by atoms with Crippen LogP contribution in [0.3, 0.4) is 0 Å². The number of aryl methyl sites for hydroxylation is 1. The molecule has 0 aliphatic carbocycles. The molecule has 0 bridgehead atoms. The fourth-order valence-electron chi connectivity index (χ4n) is 3.75. The van der Waals surface area contributed by atoms with Gasteiger partial charge in [0.2, 0.25) is 5.91 Å². The molecule has 0 radical (unpaired) electrons. The first-order valence-corrected chi connectivity index (χ1v) is 12.3. The van der Waals surface area contributed by atoms with Gasteiger partial charge in [0, 0.05) is 41.9 Å². The molecule has 0 atom stereocenters. The molecule has 37 heavy (non-hydrogen) atoms. The molecule has 0 unspecified atom stereocenters. The summed E-state index contributed by atoms with van der Waals surface area (Å²) in [6.07, 6.45) is 0.692. The van der Waals surface area contributed by atoms with E-state index in [0.717, 1.165) is 16.9 Å². The van der Waals surface area contributed by atoms with Crippen molar-refractivity contribution in [2.45, 2.75) is 46.5 Å². The van der Waals surface area contributed by atoms with Gasteiger partial charge < -0.3 is 25.0 Å².